The summed E-state index contributed by atoms with van der Waals surface area (Å²) in [6.45, 7) is 1.71. The number of piperidine rings is 1. The van der Waals surface area contributed by atoms with Gasteiger partial charge in [0.05, 0.1) is 12.2 Å². The number of aliphatic hydroxyl groups excluding tert-OH is 2. The van der Waals surface area contributed by atoms with Crippen molar-refractivity contribution in [1.29, 1.82) is 0 Å². The lowest BCUT2D eigenvalue weighted by Crippen LogP contribution is -2.51. The molecule has 2 N–H and O–H groups in total. The second-order valence-electron chi connectivity index (χ2n) is 8.70. The largest absolute Gasteiger partial charge is 0.486 e. The summed E-state index contributed by atoms with van der Waals surface area (Å²) in [6.07, 6.45) is 0.506. The van der Waals surface area contributed by atoms with Crippen molar-refractivity contribution in [2.75, 3.05) is 19.6 Å². The molecule has 5 rings (SSSR count). The Morgan fingerprint density at radius 3 is 2.58 bits per heavy atom. The van der Waals surface area contributed by atoms with Crippen molar-refractivity contribution < 1.29 is 23.7 Å². The summed E-state index contributed by atoms with van der Waals surface area (Å²) in [7, 11) is 0. The van der Waals surface area contributed by atoms with Gasteiger partial charge in [-0.05, 0) is 35.9 Å². The third-order valence-corrected chi connectivity index (χ3v) is 6.68. The number of likely N-dealkylation sites (tertiary alicyclic amines) is 1. The van der Waals surface area contributed by atoms with Gasteiger partial charge in [0.2, 0.25) is 0 Å². The molecule has 3 aromatic rings. The van der Waals surface area contributed by atoms with Gasteiger partial charge in [-0.1, -0.05) is 42.5 Å². The van der Waals surface area contributed by atoms with Crippen molar-refractivity contribution in [2.45, 2.75) is 37.1 Å². The molecule has 162 valence electrons. The highest BCUT2D eigenvalue weighted by molar-refractivity contribution is 5.90. The minimum atomic E-state index is -0.954. The zero-order chi connectivity index (χ0) is 21.6. The number of halogens is 2. The van der Waals surface area contributed by atoms with Crippen molar-refractivity contribution in [3.63, 3.8) is 0 Å². The Hall–Kier alpha value is -2.54. The van der Waals surface area contributed by atoms with Crippen LogP contribution in [0.1, 0.15) is 42.6 Å². The molecule has 0 saturated carbocycles. The lowest BCUT2D eigenvalue weighted by Gasteiger charge is -2.46. The quantitative estimate of drug-likeness (QED) is 0.649. The zero-order valence-corrected chi connectivity index (χ0v) is 17.1. The smallest absolute Gasteiger partial charge is 0.159 e. The van der Waals surface area contributed by atoms with E-state index in [0.29, 0.717) is 31.6 Å². The Labute approximate surface area is 179 Å². The minimum Gasteiger partial charge on any atom is -0.486 e. The normalized spacial score (nSPS) is 21.6. The Morgan fingerprint density at radius 2 is 1.81 bits per heavy atom. The predicted molar refractivity (Wildman–Crippen MR) is 114 cm³/mol. The van der Waals surface area contributed by atoms with E-state index in [0.717, 1.165) is 47.1 Å². The van der Waals surface area contributed by atoms with Gasteiger partial charge in [-0.2, -0.15) is 0 Å². The second kappa shape index (κ2) is 7.86. The number of hydrogen-bond donors (Lipinski definition) is 2. The molecule has 0 aliphatic carbocycles. The molecule has 1 fully saturated rings. The van der Waals surface area contributed by atoms with Gasteiger partial charge in [0.25, 0.3) is 0 Å². The highest BCUT2D eigenvalue weighted by Gasteiger charge is 2.43. The molecule has 1 saturated heterocycles. The Morgan fingerprint density at radius 1 is 1.03 bits per heavy atom. The number of rotatable bonds is 3. The molecule has 0 amide bonds. The maximum absolute atomic E-state index is 13.5. The van der Waals surface area contributed by atoms with E-state index in [2.05, 4.69) is 4.90 Å². The molecule has 2 heterocycles. The first-order chi connectivity index (χ1) is 14.9. The van der Waals surface area contributed by atoms with E-state index < -0.39 is 29.4 Å². The van der Waals surface area contributed by atoms with Crippen LogP contribution in [-0.4, -0.2) is 40.3 Å². The highest BCUT2D eigenvalue weighted by atomic mass is 19.2. The Kier molecular flexibility index (Phi) is 5.16. The van der Waals surface area contributed by atoms with Crippen LogP contribution in [0, 0.1) is 11.6 Å². The molecule has 6 heteroatoms. The van der Waals surface area contributed by atoms with Gasteiger partial charge in [0.1, 0.15) is 11.4 Å². The molecule has 2 aliphatic heterocycles. The number of aliphatic hydroxyl groups is 2. The molecule has 31 heavy (non-hydrogen) atoms. The molecule has 2 atom stereocenters. The summed E-state index contributed by atoms with van der Waals surface area (Å²) in [5.41, 5.74) is 0.754. The highest BCUT2D eigenvalue weighted by Crippen LogP contribution is 2.47. The molecule has 2 aliphatic rings. The number of ether oxygens (including phenoxy) is 1. The molecule has 2 unspecified atom stereocenters. The summed E-state index contributed by atoms with van der Waals surface area (Å²) in [4.78, 5) is 2.10. The number of benzene rings is 3. The monoisotopic (exact) mass is 425 g/mol. The maximum Gasteiger partial charge on any atom is 0.159 e. The molecule has 4 nitrogen and oxygen atoms in total. The fourth-order valence-corrected chi connectivity index (χ4v) is 4.88. The van der Waals surface area contributed by atoms with Crippen LogP contribution in [0.4, 0.5) is 8.78 Å². The van der Waals surface area contributed by atoms with Gasteiger partial charge >= 0.3 is 0 Å². The van der Waals surface area contributed by atoms with E-state index in [9.17, 15) is 19.0 Å². The first kappa shape index (κ1) is 20.4. The van der Waals surface area contributed by atoms with E-state index in [1.165, 1.54) is 6.07 Å². The molecule has 0 aromatic heterocycles. The van der Waals surface area contributed by atoms with E-state index in [4.69, 9.17) is 4.74 Å². The van der Waals surface area contributed by atoms with Gasteiger partial charge in [-0.15, -0.1) is 0 Å². The first-order valence-electron chi connectivity index (χ1n) is 10.7. The van der Waals surface area contributed by atoms with Gasteiger partial charge in [-0.3, -0.25) is 0 Å². The van der Waals surface area contributed by atoms with E-state index in [1.54, 1.807) is 0 Å². The average molecular weight is 425 g/mol. The molecule has 0 radical (unpaired) electrons. The summed E-state index contributed by atoms with van der Waals surface area (Å²) >= 11 is 0. The number of fused-ring (bicyclic) bond motifs is 3. The summed E-state index contributed by atoms with van der Waals surface area (Å²) in [6, 6.07) is 15.5. The van der Waals surface area contributed by atoms with Crippen LogP contribution < -0.4 is 4.74 Å². The van der Waals surface area contributed by atoms with Gasteiger partial charge < -0.3 is 19.8 Å². The van der Waals surface area contributed by atoms with Crippen LogP contribution in [-0.2, 0) is 0 Å². The third kappa shape index (κ3) is 3.80. The average Bonchev–Trinajstić information content (AvgIpc) is 2.77. The third-order valence-electron chi connectivity index (χ3n) is 6.68. The van der Waals surface area contributed by atoms with Crippen LogP contribution in [0.2, 0.25) is 0 Å². The topological polar surface area (TPSA) is 52.9 Å². The lowest BCUT2D eigenvalue weighted by molar-refractivity contribution is -0.0577. The zero-order valence-electron chi connectivity index (χ0n) is 17.1. The number of β-amino-alcohol motifs (C(OH)–C–C–N with tert-alkyl or cyclic N) is 1. The van der Waals surface area contributed by atoms with Crippen molar-refractivity contribution in [3.05, 3.63) is 77.4 Å². The Bertz CT molecular complexity index is 1110. The van der Waals surface area contributed by atoms with E-state index in [1.807, 2.05) is 36.4 Å². The fraction of sp³-hybridized carbons (Fsp3) is 0.360. The lowest BCUT2D eigenvalue weighted by atomic mass is 9.81. The molecule has 3 aromatic carbocycles. The van der Waals surface area contributed by atoms with Crippen molar-refractivity contribution >= 4 is 10.8 Å². The minimum absolute atomic E-state index is 0.337. The van der Waals surface area contributed by atoms with Crippen LogP contribution in [0.25, 0.3) is 10.8 Å². The maximum atomic E-state index is 13.5. The van der Waals surface area contributed by atoms with Crippen LogP contribution in [0.15, 0.2) is 54.6 Å². The van der Waals surface area contributed by atoms with Crippen molar-refractivity contribution in [2.24, 2.45) is 0 Å². The van der Waals surface area contributed by atoms with Gasteiger partial charge in [0, 0.05) is 37.0 Å². The molecular weight excluding hydrogens is 400 g/mol. The number of hydrogen-bond acceptors (Lipinski definition) is 4. The van der Waals surface area contributed by atoms with Crippen LogP contribution >= 0.6 is 0 Å². The van der Waals surface area contributed by atoms with Crippen LogP contribution in [0.3, 0.4) is 0 Å². The Balaban J connectivity index is 1.30. The predicted octanol–water partition coefficient (Wildman–Crippen LogP) is 4.50. The molecule has 1 spiro atoms. The fourth-order valence-electron chi connectivity index (χ4n) is 4.88. The number of nitrogens with zero attached hydrogens (tertiary/aromatic N) is 1. The second-order valence-corrected chi connectivity index (χ2v) is 8.70. The van der Waals surface area contributed by atoms with Crippen molar-refractivity contribution in [3.8, 4) is 5.75 Å². The molecule has 0 bridgehead atoms. The molecular formula is C25H25F2NO3. The van der Waals surface area contributed by atoms with Crippen molar-refractivity contribution in [1.82, 2.24) is 4.90 Å². The summed E-state index contributed by atoms with van der Waals surface area (Å²) in [5, 5.41) is 23.4. The SMILES string of the molecule is OC(CN1CCC2(CC1)CC(O)c1ccc3ccccc3c1O2)c1ccc(F)c(F)c1. The van der Waals surface area contributed by atoms with Crippen LogP contribution in [0.5, 0.6) is 5.75 Å². The summed E-state index contributed by atoms with van der Waals surface area (Å²) < 4.78 is 33.2. The standard InChI is InChI=1S/C25H25F2NO3/c26-20-8-6-17(13-21(20)27)23(30)15-28-11-9-25(10-12-28)14-22(29)19-7-5-16-3-1-2-4-18(16)24(19)31-25/h1-8,13,22-23,29-30H,9-12,14-15H2. The van der Waals surface area contributed by atoms with E-state index >= 15 is 0 Å². The summed E-state index contributed by atoms with van der Waals surface area (Å²) in [5.74, 6) is -1.10. The first-order valence-corrected chi connectivity index (χ1v) is 10.7. The van der Waals surface area contributed by atoms with Gasteiger partial charge in [-0.25, -0.2) is 8.78 Å². The van der Waals surface area contributed by atoms with E-state index in [-0.39, 0.29) is 0 Å². The van der Waals surface area contributed by atoms with Gasteiger partial charge in [0.15, 0.2) is 11.6 Å².